The van der Waals surface area contributed by atoms with E-state index in [1.54, 1.807) is 0 Å². The van der Waals surface area contributed by atoms with E-state index in [4.69, 9.17) is 5.73 Å². The van der Waals surface area contributed by atoms with E-state index in [2.05, 4.69) is 6.08 Å². The maximum absolute atomic E-state index is 11.1. The summed E-state index contributed by atoms with van der Waals surface area (Å²) in [5.41, 5.74) is 7.52. The molecule has 1 aliphatic rings. The second-order valence-electron chi connectivity index (χ2n) is 3.13. The molecule has 0 aliphatic heterocycles. The lowest BCUT2D eigenvalue weighted by molar-refractivity contribution is 0.524. The van der Waals surface area contributed by atoms with Crippen LogP contribution in [0.2, 0.25) is 0 Å². The first-order valence-electron chi connectivity index (χ1n) is 4.19. The van der Waals surface area contributed by atoms with Crippen molar-refractivity contribution in [2.45, 2.75) is 25.8 Å². The van der Waals surface area contributed by atoms with E-state index in [1.807, 2.05) is 13.0 Å². The molecule has 0 spiro atoms. The van der Waals surface area contributed by atoms with Gasteiger partial charge in [0.2, 0.25) is 0 Å². The first kappa shape index (κ1) is 9.29. The van der Waals surface area contributed by atoms with Crippen LogP contribution >= 0.6 is 0 Å². The van der Waals surface area contributed by atoms with Crippen LogP contribution in [0, 0.1) is 5.21 Å². The Morgan fingerprint density at radius 1 is 1.67 bits per heavy atom. The Bertz CT molecular complexity index is 217. The molecule has 0 amide bonds. The average molecular weight is 167 g/mol. The number of nitrogens with zero attached hydrogens (tertiary/aromatic N) is 1. The topological polar surface area (TPSA) is 52.3 Å². The highest BCUT2D eigenvalue weighted by Crippen LogP contribution is 2.22. The fourth-order valence-electron chi connectivity index (χ4n) is 1.42. The molecule has 1 rings (SSSR count). The molecule has 1 atom stereocenters. The van der Waals surface area contributed by atoms with Crippen molar-refractivity contribution in [1.82, 2.24) is 5.06 Å². The van der Waals surface area contributed by atoms with Gasteiger partial charge in [-0.1, -0.05) is 12.2 Å². The minimum absolute atomic E-state index is 0.0482. The second-order valence-corrected chi connectivity index (χ2v) is 3.13. The number of nitrogens with two attached hydrogens (primary N) is 1. The van der Waals surface area contributed by atoms with E-state index >= 15 is 0 Å². The maximum atomic E-state index is 11.1. The Kier molecular flexibility index (Phi) is 2.89. The van der Waals surface area contributed by atoms with E-state index < -0.39 is 0 Å². The summed E-state index contributed by atoms with van der Waals surface area (Å²) in [6.07, 6.45) is 5.77. The van der Waals surface area contributed by atoms with Crippen LogP contribution in [0.4, 0.5) is 0 Å². The van der Waals surface area contributed by atoms with Gasteiger partial charge in [0.25, 0.3) is 0 Å². The van der Waals surface area contributed by atoms with Crippen molar-refractivity contribution in [3.05, 3.63) is 28.6 Å². The van der Waals surface area contributed by atoms with E-state index in [1.165, 1.54) is 7.05 Å². The summed E-state index contributed by atoms with van der Waals surface area (Å²) in [5, 5.41) is 12.0. The third-order valence-corrected chi connectivity index (χ3v) is 2.05. The second kappa shape index (κ2) is 3.74. The zero-order valence-corrected chi connectivity index (χ0v) is 7.58. The number of allylic oxidation sites excluding steroid dienone is 2. The van der Waals surface area contributed by atoms with Gasteiger partial charge in [0.05, 0.1) is 0 Å². The first-order valence-corrected chi connectivity index (χ1v) is 4.19. The Hall–Kier alpha value is -0.800. The zero-order valence-electron chi connectivity index (χ0n) is 7.58. The summed E-state index contributed by atoms with van der Waals surface area (Å²) < 4.78 is 0. The molecule has 0 unspecified atom stereocenters. The molecule has 12 heavy (non-hydrogen) atoms. The van der Waals surface area contributed by atoms with Gasteiger partial charge in [0.15, 0.2) is 0 Å². The van der Waals surface area contributed by atoms with E-state index in [9.17, 15) is 5.21 Å². The minimum Gasteiger partial charge on any atom is -0.759 e. The molecule has 0 saturated heterocycles. The lowest BCUT2D eigenvalue weighted by Gasteiger charge is -2.32. The highest BCUT2D eigenvalue weighted by atomic mass is 16.5. The van der Waals surface area contributed by atoms with Crippen LogP contribution in [0.5, 0.6) is 0 Å². The van der Waals surface area contributed by atoms with Crippen LogP contribution < -0.4 is 5.73 Å². The summed E-state index contributed by atoms with van der Waals surface area (Å²) in [6.45, 7) is 1.90. The van der Waals surface area contributed by atoms with Gasteiger partial charge >= 0.3 is 0 Å². The number of hydroxylamine groups is 2. The molecular weight excluding hydrogens is 152 g/mol. The SMILES string of the molecule is C[C@@H](N)C1=C(N(C)[O-])CCC=C1. The van der Waals surface area contributed by atoms with Crippen molar-refractivity contribution in [3.63, 3.8) is 0 Å². The van der Waals surface area contributed by atoms with Crippen LogP contribution in [0.25, 0.3) is 0 Å². The molecule has 0 aromatic rings. The van der Waals surface area contributed by atoms with Crippen LogP contribution in [-0.4, -0.2) is 18.2 Å². The summed E-state index contributed by atoms with van der Waals surface area (Å²) in [4.78, 5) is 0. The normalized spacial score (nSPS) is 19.7. The molecule has 0 heterocycles. The fourth-order valence-corrected chi connectivity index (χ4v) is 1.42. The maximum Gasteiger partial charge on any atom is 0.0282 e. The molecule has 3 nitrogen and oxygen atoms in total. The summed E-state index contributed by atoms with van der Waals surface area (Å²) in [7, 11) is 1.52. The standard InChI is InChI=1S/C9H15N2O/c1-7(10)8-5-3-4-6-9(8)11(2)12/h3,5,7H,4,6,10H2,1-2H3/q-1/t7-/m1/s1. The monoisotopic (exact) mass is 167 g/mol. The molecule has 0 aromatic carbocycles. The molecule has 68 valence electrons. The highest BCUT2D eigenvalue weighted by Gasteiger charge is 2.10. The van der Waals surface area contributed by atoms with E-state index in [0.29, 0.717) is 0 Å². The van der Waals surface area contributed by atoms with Crippen molar-refractivity contribution < 1.29 is 0 Å². The number of hydrogen-bond acceptors (Lipinski definition) is 3. The Morgan fingerprint density at radius 3 is 2.75 bits per heavy atom. The van der Waals surface area contributed by atoms with Crippen molar-refractivity contribution in [2.75, 3.05) is 7.05 Å². The quantitative estimate of drug-likeness (QED) is 0.632. The fraction of sp³-hybridized carbons (Fsp3) is 0.556. The van der Waals surface area contributed by atoms with E-state index in [0.717, 1.165) is 29.2 Å². The van der Waals surface area contributed by atoms with E-state index in [-0.39, 0.29) is 6.04 Å². The van der Waals surface area contributed by atoms with Gasteiger partial charge in [-0.05, 0) is 32.4 Å². The van der Waals surface area contributed by atoms with Crippen molar-refractivity contribution in [1.29, 1.82) is 0 Å². The Balaban J connectivity index is 2.92. The number of rotatable bonds is 2. The molecule has 3 heteroatoms. The largest absolute Gasteiger partial charge is 0.759 e. The predicted molar refractivity (Wildman–Crippen MR) is 50.2 cm³/mol. The van der Waals surface area contributed by atoms with Gasteiger partial charge in [-0.2, -0.15) is 0 Å². The molecule has 0 fully saturated rings. The lowest BCUT2D eigenvalue weighted by Crippen LogP contribution is -2.24. The number of hydrogen-bond donors (Lipinski definition) is 1. The van der Waals surface area contributed by atoms with Gasteiger partial charge in [0.1, 0.15) is 0 Å². The smallest absolute Gasteiger partial charge is 0.0282 e. The third kappa shape index (κ3) is 1.87. The van der Waals surface area contributed by atoms with Crippen molar-refractivity contribution in [2.24, 2.45) is 5.73 Å². The summed E-state index contributed by atoms with van der Waals surface area (Å²) in [5.74, 6) is 0. The van der Waals surface area contributed by atoms with Gasteiger partial charge in [0, 0.05) is 11.7 Å². The van der Waals surface area contributed by atoms with Crippen molar-refractivity contribution in [3.8, 4) is 0 Å². The molecule has 0 bridgehead atoms. The van der Waals surface area contributed by atoms with Gasteiger partial charge in [-0.25, -0.2) is 0 Å². The third-order valence-electron chi connectivity index (χ3n) is 2.05. The highest BCUT2D eigenvalue weighted by molar-refractivity contribution is 5.32. The molecule has 1 aliphatic carbocycles. The predicted octanol–water partition coefficient (Wildman–Crippen LogP) is 1.37. The van der Waals surface area contributed by atoms with Crippen LogP contribution in [-0.2, 0) is 0 Å². The van der Waals surface area contributed by atoms with Crippen LogP contribution in [0.15, 0.2) is 23.4 Å². The van der Waals surface area contributed by atoms with Gasteiger partial charge in [-0.15, -0.1) is 0 Å². The van der Waals surface area contributed by atoms with Crippen LogP contribution in [0.1, 0.15) is 19.8 Å². The molecule has 0 aromatic heterocycles. The molecule has 2 N–H and O–H groups in total. The van der Waals surface area contributed by atoms with Gasteiger partial charge < -0.3 is 16.0 Å². The Morgan fingerprint density at radius 2 is 2.33 bits per heavy atom. The average Bonchev–Trinajstić information content (AvgIpc) is 2.04. The summed E-state index contributed by atoms with van der Waals surface area (Å²) >= 11 is 0. The zero-order chi connectivity index (χ0) is 9.14. The minimum atomic E-state index is -0.0482. The molecular formula is C9H15N2O-. The van der Waals surface area contributed by atoms with Crippen molar-refractivity contribution >= 4 is 0 Å². The first-order chi connectivity index (χ1) is 5.63. The molecule has 0 radical (unpaired) electrons. The lowest BCUT2D eigenvalue weighted by atomic mass is 9.98. The van der Waals surface area contributed by atoms with Crippen LogP contribution in [0.3, 0.4) is 0 Å². The van der Waals surface area contributed by atoms with Gasteiger partial charge in [-0.3, -0.25) is 0 Å². The Labute approximate surface area is 73.1 Å². The molecule has 0 saturated carbocycles. The summed E-state index contributed by atoms with van der Waals surface area (Å²) in [6, 6.07) is -0.0482.